The summed E-state index contributed by atoms with van der Waals surface area (Å²) in [7, 11) is 1.83. The van der Waals surface area contributed by atoms with Crippen molar-refractivity contribution >= 4 is 35.3 Å². The Balaban J connectivity index is 1.41. The largest absolute Gasteiger partial charge is 0.379 e. The normalized spacial score (nSPS) is 41.5. The first kappa shape index (κ1) is 18.6. The van der Waals surface area contributed by atoms with Gasteiger partial charge in [-0.3, -0.25) is 0 Å². The molecule has 3 rings (SSSR count). The first-order chi connectivity index (χ1) is 11.3. The summed E-state index contributed by atoms with van der Waals surface area (Å²) < 4.78 is 12.0. The first-order valence-electron chi connectivity index (χ1n) is 8.53. The maximum Gasteiger partial charge on any atom is 0.114 e. The van der Waals surface area contributed by atoms with E-state index in [0.717, 1.165) is 25.3 Å². The molecule has 0 aromatic carbocycles. The molecule has 6 atom stereocenters. The van der Waals surface area contributed by atoms with Crippen molar-refractivity contribution in [1.82, 2.24) is 16.2 Å². The van der Waals surface area contributed by atoms with Gasteiger partial charge in [0.1, 0.15) is 4.71 Å². The first-order valence-corrected chi connectivity index (χ1v) is 11.7. The highest BCUT2D eigenvalue weighted by Crippen LogP contribution is 2.37. The summed E-state index contributed by atoms with van der Waals surface area (Å²) in [6, 6.07) is 0.628. The van der Waals surface area contributed by atoms with Gasteiger partial charge in [-0.15, -0.1) is 35.3 Å². The minimum Gasteiger partial charge on any atom is -0.379 e. The fraction of sp³-hybridized carbons (Fsp3) is 1.00. The van der Waals surface area contributed by atoms with Crippen LogP contribution in [0.2, 0.25) is 0 Å². The SMILES string of the molecule is CCOC1CCC(C2NC(CSC3NNCS3)CS2)CC1OC. The molecule has 0 aromatic heterocycles. The fourth-order valence-electron chi connectivity index (χ4n) is 3.55. The summed E-state index contributed by atoms with van der Waals surface area (Å²) in [4.78, 5) is 0. The molecule has 5 nitrogen and oxygen atoms in total. The molecule has 0 aromatic rings. The van der Waals surface area contributed by atoms with Crippen molar-refractivity contribution in [2.24, 2.45) is 5.92 Å². The Hall–Kier alpha value is 0.850. The number of hydrazine groups is 1. The minimum absolute atomic E-state index is 0.259. The number of ether oxygens (including phenoxy) is 2. The number of methoxy groups -OCH3 is 1. The molecule has 2 aliphatic heterocycles. The number of hydrogen-bond donors (Lipinski definition) is 3. The van der Waals surface area contributed by atoms with Crippen molar-refractivity contribution in [3.63, 3.8) is 0 Å². The summed E-state index contributed by atoms with van der Waals surface area (Å²) in [5.41, 5.74) is 6.47. The van der Waals surface area contributed by atoms with Crippen molar-refractivity contribution in [2.75, 3.05) is 31.1 Å². The predicted octanol–water partition coefficient (Wildman–Crippen LogP) is 2.05. The van der Waals surface area contributed by atoms with Crippen molar-refractivity contribution in [3.8, 4) is 0 Å². The molecule has 1 aliphatic carbocycles. The lowest BCUT2D eigenvalue weighted by atomic mass is 9.84. The van der Waals surface area contributed by atoms with Crippen LogP contribution in [0.5, 0.6) is 0 Å². The van der Waals surface area contributed by atoms with Gasteiger partial charge in [-0.25, -0.2) is 10.9 Å². The summed E-state index contributed by atoms with van der Waals surface area (Å²) in [6.07, 6.45) is 4.05. The van der Waals surface area contributed by atoms with Crippen LogP contribution in [-0.2, 0) is 9.47 Å². The number of hydrogen-bond acceptors (Lipinski definition) is 8. The van der Waals surface area contributed by atoms with Gasteiger partial charge in [-0.2, -0.15) is 0 Å². The molecule has 2 heterocycles. The minimum atomic E-state index is 0.259. The molecule has 134 valence electrons. The highest BCUT2D eigenvalue weighted by Gasteiger charge is 2.38. The molecule has 0 bridgehead atoms. The average Bonchev–Trinajstić information content (AvgIpc) is 3.25. The second-order valence-corrected chi connectivity index (χ2v) is 9.96. The van der Waals surface area contributed by atoms with E-state index in [9.17, 15) is 0 Å². The Morgan fingerprint density at radius 1 is 1.22 bits per heavy atom. The third-order valence-electron chi connectivity index (χ3n) is 4.74. The third kappa shape index (κ3) is 5.17. The van der Waals surface area contributed by atoms with Crippen molar-refractivity contribution in [1.29, 1.82) is 0 Å². The number of rotatable bonds is 7. The van der Waals surface area contributed by atoms with Gasteiger partial charge in [-0.1, -0.05) is 0 Å². The maximum atomic E-state index is 5.84. The monoisotopic (exact) mass is 379 g/mol. The van der Waals surface area contributed by atoms with Crippen LogP contribution in [-0.4, -0.2) is 59.4 Å². The molecular weight excluding hydrogens is 350 g/mol. The van der Waals surface area contributed by atoms with Crippen molar-refractivity contribution in [2.45, 2.75) is 54.5 Å². The molecular formula is C15H29N3O2S3. The Morgan fingerprint density at radius 2 is 2.13 bits per heavy atom. The summed E-state index contributed by atoms with van der Waals surface area (Å²) in [5, 5.41) is 4.45. The van der Waals surface area contributed by atoms with E-state index < -0.39 is 0 Å². The van der Waals surface area contributed by atoms with E-state index in [2.05, 4.69) is 34.9 Å². The predicted molar refractivity (Wildman–Crippen MR) is 102 cm³/mol. The van der Waals surface area contributed by atoms with E-state index in [1.54, 1.807) is 0 Å². The Kier molecular flexibility index (Phi) is 7.71. The van der Waals surface area contributed by atoms with E-state index >= 15 is 0 Å². The molecule has 3 N–H and O–H groups in total. The van der Waals surface area contributed by atoms with E-state index in [1.807, 2.05) is 30.6 Å². The molecule has 0 radical (unpaired) electrons. The van der Waals surface area contributed by atoms with Gasteiger partial charge < -0.3 is 14.8 Å². The zero-order valence-electron chi connectivity index (χ0n) is 14.0. The van der Waals surface area contributed by atoms with Crippen molar-refractivity contribution < 1.29 is 9.47 Å². The topological polar surface area (TPSA) is 54.5 Å². The van der Waals surface area contributed by atoms with Crippen LogP contribution in [0.1, 0.15) is 26.2 Å². The molecule has 8 heteroatoms. The molecule has 2 saturated heterocycles. The lowest BCUT2D eigenvalue weighted by Crippen LogP contribution is -2.44. The quantitative estimate of drug-likeness (QED) is 0.621. The van der Waals surface area contributed by atoms with Crippen LogP contribution < -0.4 is 16.2 Å². The van der Waals surface area contributed by atoms with Crippen LogP contribution in [0.3, 0.4) is 0 Å². The molecule has 23 heavy (non-hydrogen) atoms. The van der Waals surface area contributed by atoms with Gasteiger partial charge in [0, 0.05) is 31.3 Å². The Bertz CT molecular complexity index is 361. The van der Waals surface area contributed by atoms with Gasteiger partial charge in [0.25, 0.3) is 0 Å². The van der Waals surface area contributed by atoms with Crippen LogP contribution in [0.25, 0.3) is 0 Å². The summed E-state index contributed by atoms with van der Waals surface area (Å²) >= 11 is 6.05. The summed E-state index contributed by atoms with van der Waals surface area (Å²) in [6.45, 7) is 2.86. The fourth-order valence-corrected chi connectivity index (χ4v) is 7.26. The second-order valence-electron chi connectivity index (χ2n) is 6.26. The molecule has 6 unspecified atom stereocenters. The summed E-state index contributed by atoms with van der Waals surface area (Å²) in [5.74, 6) is 4.12. The van der Waals surface area contributed by atoms with Crippen LogP contribution >= 0.6 is 35.3 Å². The highest BCUT2D eigenvalue weighted by molar-refractivity contribution is 8.17. The second kappa shape index (κ2) is 9.52. The van der Waals surface area contributed by atoms with Gasteiger partial charge in [0.15, 0.2) is 0 Å². The molecule has 1 saturated carbocycles. The molecule has 0 amide bonds. The maximum absolute atomic E-state index is 5.84. The number of nitrogens with one attached hydrogen (secondary N) is 3. The van der Waals surface area contributed by atoms with Gasteiger partial charge in [0.05, 0.1) is 23.5 Å². The molecule has 0 spiro atoms. The van der Waals surface area contributed by atoms with Crippen LogP contribution in [0.15, 0.2) is 0 Å². The Morgan fingerprint density at radius 3 is 2.87 bits per heavy atom. The smallest absolute Gasteiger partial charge is 0.114 e. The molecule has 3 aliphatic rings. The van der Waals surface area contributed by atoms with Gasteiger partial charge in [-0.05, 0) is 32.1 Å². The average molecular weight is 380 g/mol. The molecule has 3 fully saturated rings. The lowest BCUT2D eigenvalue weighted by Gasteiger charge is -2.37. The van der Waals surface area contributed by atoms with Gasteiger partial charge in [0.2, 0.25) is 0 Å². The highest BCUT2D eigenvalue weighted by atomic mass is 32.2. The third-order valence-corrected chi connectivity index (χ3v) is 8.77. The Labute approximate surface area is 152 Å². The zero-order valence-corrected chi connectivity index (χ0v) is 16.4. The lowest BCUT2D eigenvalue weighted by molar-refractivity contribution is -0.0848. The van der Waals surface area contributed by atoms with Crippen molar-refractivity contribution in [3.05, 3.63) is 0 Å². The van der Waals surface area contributed by atoms with Gasteiger partial charge >= 0.3 is 0 Å². The zero-order chi connectivity index (χ0) is 16.1. The van der Waals surface area contributed by atoms with Crippen LogP contribution in [0, 0.1) is 5.92 Å². The van der Waals surface area contributed by atoms with E-state index in [1.165, 1.54) is 17.9 Å². The van der Waals surface area contributed by atoms with Crippen LogP contribution in [0.4, 0.5) is 0 Å². The standard InChI is InChI=1S/C15H29N3O2S3/c1-3-20-12-5-4-10(6-13(12)19-2)14-17-11(7-21-14)8-22-15-18-16-9-23-15/h10-18H,3-9H2,1-2H3. The number of thioether (sulfide) groups is 3. The van der Waals surface area contributed by atoms with E-state index in [-0.39, 0.29) is 12.2 Å². The van der Waals surface area contributed by atoms with E-state index in [4.69, 9.17) is 9.47 Å². The van der Waals surface area contributed by atoms with E-state index in [0.29, 0.717) is 22.0 Å².